The zero-order valence-corrected chi connectivity index (χ0v) is 9.83. The fraction of sp³-hybridized carbons (Fsp3) is 0.462. The zero-order valence-electron chi connectivity index (χ0n) is 9.83. The van der Waals surface area contributed by atoms with Crippen molar-refractivity contribution in [2.45, 2.75) is 38.8 Å². The first-order valence-corrected chi connectivity index (χ1v) is 5.30. The number of halogens is 1. The number of carbonyl (C=O) groups is 1. The summed E-state index contributed by atoms with van der Waals surface area (Å²) in [6.45, 7) is 5.11. The van der Waals surface area contributed by atoms with E-state index in [2.05, 4.69) is 0 Å². The van der Waals surface area contributed by atoms with E-state index >= 15 is 0 Å². The minimum Gasteiger partial charge on any atom is -0.481 e. The van der Waals surface area contributed by atoms with Gasteiger partial charge in [-0.25, -0.2) is 4.39 Å². The van der Waals surface area contributed by atoms with Gasteiger partial charge in [-0.1, -0.05) is 38.1 Å². The van der Waals surface area contributed by atoms with E-state index in [0.29, 0.717) is 5.56 Å². The van der Waals surface area contributed by atoms with E-state index in [1.54, 1.807) is 18.2 Å². The summed E-state index contributed by atoms with van der Waals surface area (Å²) < 4.78 is 13.4. The second-order valence-electron chi connectivity index (χ2n) is 4.66. The molecular weight excluding hydrogens is 207 g/mol. The number of rotatable bonds is 4. The summed E-state index contributed by atoms with van der Waals surface area (Å²) in [5, 5.41) is 8.85. The van der Waals surface area contributed by atoms with Crippen molar-refractivity contribution in [2.24, 2.45) is 0 Å². The van der Waals surface area contributed by atoms with Crippen LogP contribution >= 0.6 is 0 Å². The van der Waals surface area contributed by atoms with Gasteiger partial charge in [0.05, 0.1) is 6.42 Å². The van der Waals surface area contributed by atoms with Gasteiger partial charge in [-0.05, 0) is 18.1 Å². The SMILES string of the molecule is CC(F)c1ccccc1C(C)(C)CC(=O)O. The summed E-state index contributed by atoms with van der Waals surface area (Å²) in [6.07, 6.45) is -1.08. The van der Waals surface area contributed by atoms with Gasteiger partial charge in [0.25, 0.3) is 0 Å². The Balaban J connectivity index is 3.16. The van der Waals surface area contributed by atoms with Crippen LogP contribution in [-0.2, 0) is 10.2 Å². The number of alkyl halides is 1. The summed E-state index contributed by atoms with van der Waals surface area (Å²) in [4.78, 5) is 10.8. The average molecular weight is 224 g/mol. The second-order valence-corrected chi connectivity index (χ2v) is 4.66. The average Bonchev–Trinajstić information content (AvgIpc) is 2.15. The molecule has 0 saturated heterocycles. The van der Waals surface area contributed by atoms with Crippen LogP contribution in [0.25, 0.3) is 0 Å². The molecule has 0 aliphatic carbocycles. The summed E-state index contributed by atoms with van der Waals surface area (Å²) in [7, 11) is 0. The highest BCUT2D eigenvalue weighted by Gasteiger charge is 2.27. The number of aliphatic carboxylic acids is 1. The van der Waals surface area contributed by atoms with Gasteiger partial charge in [-0.2, -0.15) is 0 Å². The third-order valence-corrected chi connectivity index (χ3v) is 2.71. The third kappa shape index (κ3) is 2.81. The molecule has 1 aromatic carbocycles. The van der Waals surface area contributed by atoms with E-state index in [-0.39, 0.29) is 6.42 Å². The Morgan fingerprint density at radius 3 is 2.50 bits per heavy atom. The molecule has 0 amide bonds. The highest BCUT2D eigenvalue weighted by molar-refractivity contribution is 5.69. The largest absolute Gasteiger partial charge is 0.481 e. The molecule has 1 atom stereocenters. The second kappa shape index (κ2) is 4.64. The number of hydrogen-bond donors (Lipinski definition) is 1. The van der Waals surface area contributed by atoms with Gasteiger partial charge in [0.15, 0.2) is 0 Å². The predicted molar refractivity (Wildman–Crippen MR) is 61.2 cm³/mol. The molecule has 0 heterocycles. The van der Waals surface area contributed by atoms with Crippen LogP contribution in [0.3, 0.4) is 0 Å². The van der Waals surface area contributed by atoms with Gasteiger partial charge in [-0.15, -0.1) is 0 Å². The van der Waals surface area contributed by atoms with Gasteiger partial charge in [0.1, 0.15) is 6.17 Å². The fourth-order valence-corrected chi connectivity index (χ4v) is 1.93. The van der Waals surface area contributed by atoms with Crippen LogP contribution in [0.5, 0.6) is 0 Å². The van der Waals surface area contributed by atoms with Crippen molar-refractivity contribution in [3.63, 3.8) is 0 Å². The third-order valence-electron chi connectivity index (χ3n) is 2.71. The van der Waals surface area contributed by atoms with Crippen molar-refractivity contribution in [3.8, 4) is 0 Å². The molecule has 1 N–H and O–H groups in total. The highest BCUT2D eigenvalue weighted by atomic mass is 19.1. The van der Waals surface area contributed by atoms with Crippen LogP contribution in [0.2, 0.25) is 0 Å². The zero-order chi connectivity index (χ0) is 12.3. The van der Waals surface area contributed by atoms with Crippen molar-refractivity contribution < 1.29 is 14.3 Å². The minimum absolute atomic E-state index is 0.00324. The Kier molecular flexibility index (Phi) is 3.68. The smallest absolute Gasteiger partial charge is 0.304 e. The molecule has 0 saturated carbocycles. The predicted octanol–water partition coefficient (Wildman–Crippen LogP) is 3.47. The fourth-order valence-electron chi connectivity index (χ4n) is 1.93. The molecule has 88 valence electrons. The lowest BCUT2D eigenvalue weighted by Gasteiger charge is -2.26. The molecule has 1 unspecified atom stereocenters. The van der Waals surface area contributed by atoms with Crippen molar-refractivity contribution in [1.82, 2.24) is 0 Å². The normalized spacial score (nSPS) is 13.5. The molecular formula is C13H17FO2. The van der Waals surface area contributed by atoms with Gasteiger partial charge in [0.2, 0.25) is 0 Å². The molecule has 0 aliphatic rings. The molecule has 3 heteroatoms. The number of benzene rings is 1. The molecule has 0 fully saturated rings. The first-order chi connectivity index (χ1) is 7.34. The standard InChI is InChI=1S/C13H17FO2/c1-9(14)10-6-4-5-7-11(10)13(2,3)8-12(15)16/h4-7,9H,8H2,1-3H3,(H,15,16). The monoisotopic (exact) mass is 224 g/mol. The van der Waals surface area contributed by atoms with E-state index in [9.17, 15) is 9.18 Å². The molecule has 16 heavy (non-hydrogen) atoms. The Hall–Kier alpha value is -1.38. The first kappa shape index (κ1) is 12.7. The lowest BCUT2D eigenvalue weighted by molar-refractivity contribution is -0.138. The van der Waals surface area contributed by atoms with Gasteiger partial charge >= 0.3 is 5.97 Å². The van der Waals surface area contributed by atoms with E-state index in [1.807, 2.05) is 19.9 Å². The Labute approximate surface area is 95.1 Å². The molecule has 0 spiro atoms. The Bertz CT molecular complexity index is 383. The van der Waals surface area contributed by atoms with Crippen LogP contribution < -0.4 is 0 Å². The highest BCUT2D eigenvalue weighted by Crippen LogP contribution is 2.33. The minimum atomic E-state index is -1.08. The van der Waals surface area contributed by atoms with Crippen molar-refractivity contribution in [2.75, 3.05) is 0 Å². The molecule has 1 aromatic rings. The van der Waals surface area contributed by atoms with Crippen LogP contribution in [0.15, 0.2) is 24.3 Å². The number of carboxylic acid groups (broad SMARTS) is 1. The number of carboxylic acids is 1. The molecule has 1 rings (SSSR count). The molecule has 0 aromatic heterocycles. The molecule has 2 nitrogen and oxygen atoms in total. The van der Waals surface area contributed by atoms with Crippen LogP contribution in [0, 0.1) is 0 Å². The van der Waals surface area contributed by atoms with E-state index < -0.39 is 17.6 Å². The molecule has 0 bridgehead atoms. The van der Waals surface area contributed by atoms with Crippen molar-refractivity contribution >= 4 is 5.97 Å². The summed E-state index contributed by atoms with van der Waals surface area (Å²) in [5.41, 5.74) is 0.795. The Morgan fingerprint density at radius 1 is 1.44 bits per heavy atom. The lowest BCUT2D eigenvalue weighted by Crippen LogP contribution is -2.23. The van der Waals surface area contributed by atoms with Crippen molar-refractivity contribution in [3.05, 3.63) is 35.4 Å². The van der Waals surface area contributed by atoms with Crippen LogP contribution in [0.1, 0.15) is 44.5 Å². The maximum absolute atomic E-state index is 13.4. The summed E-state index contributed by atoms with van der Waals surface area (Å²) in [6, 6.07) is 7.09. The maximum atomic E-state index is 13.4. The van der Waals surface area contributed by atoms with E-state index in [1.165, 1.54) is 6.92 Å². The maximum Gasteiger partial charge on any atom is 0.304 e. The summed E-state index contributed by atoms with van der Waals surface area (Å²) >= 11 is 0. The van der Waals surface area contributed by atoms with E-state index in [0.717, 1.165) is 5.56 Å². The van der Waals surface area contributed by atoms with Crippen LogP contribution in [-0.4, -0.2) is 11.1 Å². The number of hydrogen-bond acceptors (Lipinski definition) is 1. The lowest BCUT2D eigenvalue weighted by atomic mass is 9.78. The van der Waals surface area contributed by atoms with Crippen molar-refractivity contribution in [1.29, 1.82) is 0 Å². The topological polar surface area (TPSA) is 37.3 Å². The first-order valence-electron chi connectivity index (χ1n) is 5.30. The van der Waals surface area contributed by atoms with Gasteiger partial charge in [0, 0.05) is 5.41 Å². The Morgan fingerprint density at radius 2 is 2.00 bits per heavy atom. The van der Waals surface area contributed by atoms with Gasteiger partial charge in [-0.3, -0.25) is 4.79 Å². The van der Waals surface area contributed by atoms with Gasteiger partial charge < -0.3 is 5.11 Å². The summed E-state index contributed by atoms with van der Waals surface area (Å²) in [5.74, 6) is -0.869. The molecule has 0 aliphatic heterocycles. The van der Waals surface area contributed by atoms with E-state index in [4.69, 9.17) is 5.11 Å². The van der Waals surface area contributed by atoms with Crippen LogP contribution in [0.4, 0.5) is 4.39 Å². The quantitative estimate of drug-likeness (QED) is 0.850. The molecule has 0 radical (unpaired) electrons.